The van der Waals surface area contributed by atoms with Crippen LogP contribution in [0, 0.1) is 10.7 Å². The van der Waals surface area contributed by atoms with E-state index in [1.807, 2.05) is 0 Å². The Hall–Kier alpha value is -0.880. The minimum Gasteiger partial charge on any atom is -0.344 e. The van der Waals surface area contributed by atoms with E-state index in [4.69, 9.17) is 12.2 Å². The van der Waals surface area contributed by atoms with E-state index in [2.05, 4.69) is 45.6 Å². The normalized spacial score (nSPS) is 17.8. The SMILES string of the molecule is CCCn1c(N(C)CC2CCN(C)CC2)n[nH]c1=S. The first-order valence-electron chi connectivity index (χ1n) is 7.16. The van der Waals surface area contributed by atoms with Gasteiger partial charge >= 0.3 is 0 Å². The topological polar surface area (TPSA) is 40.1 Å². The molecule has 2 heterocycles. The van der Waals surface area contributed by atoms with E-state index in [1.54, 1.807) is 0 Å². The van der Waals surface area contributed by atoms with Crippen molar-refractivity contribution in [1.82, 2.24) is 19.7 Å². The van der Waals surface area contributed by atoms with E-state index >= 15 is 0 Å². The lowest BCUT2D eigenvalue weighted by Crippen LogP contribution is -2.36. The number of anilines is 1. The molecular weight excluding hydrogens is 258 g/mol. The van der Waals surface area contributed by atoms with Crippen LogP contribution in [0.2, 0.25) is 0 Å². The molecule has 6 heteroatoms. The zero-order valence-corrected chi connectivity index (χ0v) is 13.0. The van der Waals surface area contributed by atoms with Gasteiger partial charge in [-0.1, -0.05) is 6.92 Å². The molecular formula is C13H25N5S. The van der Waals surface area contributed by atoms with Crippen LogP contribution < -0.4 is 4.90 Å². The van der Waals surface area contributed by atoms with Crippen LogP contribution in [0.1, 0.15) is 26.2 Å². The molecule has 1 saturated heterocycles. The molecule has 5 nitrogen and oxygen atoms in total. The molecule has 1 aliphatic rings. The van der Waals surface area contributed by atoms with E-state index in [-0.39, 0.29) is 0 Å². The van der Waals surface area contributed by atoms with Crippen molar-refractivity contribution in [2.75, 3.05) is 38.6 Å². The third-order valence-electron chi connectivity index (χ3n) is 3.90. The minimum absolute atomic E-state index is 0.729. The zero-order chi connectivity index (χ0) is 13.8. The molecule has 0 aromatic carbocycles. The van der Waals surface area contributed by atoms with Crippen molar-refractivity contribution in [2.45, 2.75) is 32.7 Å². The van der Waals surface area contributed by atoms with E-state index in [1.165, 1.54) is 25.9 Å². The van der Waals surface area contributed by atoms with E-state index in [0.29, 0.717) is 0 Å². The lowest BCUT2D eigenvalue weighted by molar-refractivity contribution is 0.222. The quantitative estimate of drug-likeness (QED) is 0.841. The first kappa shape index (κ1) is 14.5. The number of hydrogen-bond acceptors (Lipinski definition) is 4. The first-order valence-corrected chi connectivity index (χ1v) is 7.57. The van der Waals surface area contributed by atoms with Gasteiger partial charge in [0.25, 0.3) is 0 Å². The fourth-order valence-electron chi connectivity index (χ4n) is 2.74. The molecule has 1 aliphatic heterocycles. The number of H-pyrrole nitrogens is 1. The van der Waals surface area contributed by atoms with E-state index < -0.39 is 0 Å². The Morgan fingerprint density at radius 3 is 2.74 bits per heavy atom. The maximum Gasteiger partial charge on any atom is 0.225 e. The van der Waals surface area contributed by atoms with Gasteiger partial charge in [-0.15, -0.1) is 5.10 Å². The zero-order valence-electron chi connectivity index (χ0n) is 12.2. The van der Waals surface area contributed by atoms with Crippen LogP contribution >= 0.6 is 12.2 Å². The summed E-state index contributed by atoms with van der Waals surface area (Å²) >= 11 is 5.29. The largest absolute Gasteiger partial charge is 0.344 e. The summed E-state index contributed by atoms with van der Waals surface area (Å²) in [6, 6.07) is 0. The molecule has 0 bridgehead atoms. The Morgan fingerprint density at radius 2 is 2.11 bits per heavy atom. The Bertz CT molecular complexity index is 444. The fourth-order valence-corrected chi connectivity index (χ4v) is 2.96. The van der Waals surface area contributed by atoms with Gasteiger partial charge in [-0.2, -0.15) is 0 Å². The summed E-state index contributed by atoms with van der Waals surface area (Å²) in [6.07, 6.45) is 3.63. The number of rotatable bonds is 5. The second-order valence-electron chi connectivity index (χ2n) is 5.61. The van der Waals surface area contributed by atoms with Gasteiger partial charge in [-0.25, -0.2) is 5.10 Å². The van der Waals surface area contributed by atoms with Crippen molar-refractivity contribution in [2.24, 2.45) is 5.92 Å². The third-order valence-corrected chi connectivity index (χ3v) is 4.21. The van der Waals surface area contributed by atoms with E-state index in [0.717, 1.165) is 36.1 Å². The molecule has 0 radical (unpaired) electrons. The van der Waals surface area contributed by atoms with Crippen LogP contribution in [-0.4, -0.2) is 53.4 Å². The molecule has 0 aliphatic carbocycles. The smallest absolute Gasteiger partial charge is 0.225 e. The van der Waals surface area contributed by atoms with Crippen LogP contribution in [0.15, 0.2) is 0 Å². The predicted octanol–water partition coefficient (Wildman–Crippen LogP) is 2.13. The number of aromatic nitrogens is 3. The van der Waals surface area contributed by atoms with Gasteiger partial charge in [0.05, 0.1) is 0 Å². The number of aromatic amines is 1. The summed E-state index contributed by atoms with van der Waals surface area (Å²) in [5, 5.41) is 7.29. The molecule has 0 spiro atoms. The van der Waals surface area contributed by atoms with E-state index in [9.17, 15) is 0 Å². The highest BCUT2D eigenvalue weighted by Gasteiger charge is 2.20. The Kier molecular flexibility index (Phi) is 4.99. The summed E-state index contributed by atoms with van der Waals surface area (Å²) in [4.78, 5) is 4.65. The van der Waals surface area contributed by atoms with Crippen LogP contribution in [0.4, 0.5) is 5.95 Å². The Morgan fingerprint density at radius 1 is 1.42 bits per heavy atom. The third kappa shape index (κ3) is 3.57. The van der Waals surface area contributed by atoms with Crippen LogP contribution in [0.5, 0.6) is 0 Å². The van der Waals surface area contributed by atoms with Gasteiger partial charge in [-0.05, 0) is 57.5 Å². The number of nitrogens with zero attached hydrogens (tertiary/aromatic N) is 4. The molecule has 108 valence electrons. The van der Waals surface area contributed by atoms with Crippen molar-refractivity contribution in [3.63, 3.8) is 0 Å². The average molecular weight is 283 g/mol. The molecule has 0 atom stereocenters. The molecule has 2 rings (SSSR count). The first-order chi connectivity index (χ1) is 9.11. The second-order valence-corrected chi connectivity index (χ2v) is 5.99. The van der Waals surface area contributed by atoms with Crippen molar-refractivity contribution in [3.8, 4) is 0 Å². The lowest BCUT2D eigenvalue weighted by atomic mass is 9.97. The molecule has 0 amide bonds. The van der Waals surface area contributed by atoms with Crippen molar-refractivity contribution in [3.05, 3.63) is 4.77 Å². The van der Waals surface area contributed by atoms with Gasteiger partial charge in [0.15, 0.2) is 4.77 Å². The molecule has 19 heavy (non-hydrogen) atoms. The number of likely N-dealkylation sites (tertiary alicyclic amines) is 1. The summed E-state index contributed by atoms with van der Waals surface area (Å²) < 4.78 is 2.83. The Balaban J connectivity index is 1.99. The van der Waals surface area contributed by atoms with Crippen molar-refractivity contribution < 1.29 is 0 Å². The average Bonchev–Trinajstić information content (AvgIpc) is 2.75. The molecule has 1 aromatic heterocycles. The number of piperidine rings is 1. The van der Waals surface area contributed by atoms with Gasteiger partial charge in [-0.3, -0.25) is 4.57 Å². The van der Waals surface area contributed by atoms with Crippen LogP contribution in [0.25, 0.3) is 0 Å². The highest BCUT2D eigenvalue weighted by molar-refractivity contribution is 7.71. The summed E-state index contributed by atoms with van der Waals surface area (Å²) in [5.41, 5.74) is 0. The fraction of sp³-hybridized carbons (Fsp3) is 0.846. The maximum absolute atomic E-state index is 5.29. The lowest BCUT2D eigenvalue weighted by Gasteiger charge is -2.31. The molecule has 0 saturated carbocycles. The molecule has 0 unspecified atom stereocenters. The maximum atomic E-state index is 5.29. The van der Waals surface area contributed by atoms with Gasteiger partial charge in [0.2, 0.25) is 5.95 Å². The van der Waals surface area contributed by atoms with Crippen LogP contribution in [-0.2, 0) is 6.54 Å². The van der Waals surface area contributed by atoms with Gasteiger partial charge in [0.1, 0.15) is 0 Å². The number of nitrogens with one attached hydrogen (secondary N) is 1. The summed E-state index contributed by atoms with van der Waals surface area (Å²) in [5.74, 6) is 1.74. The highest BCUT2D eigenvalue weighted by Crippen LogP contribution is 2.19. The number of hydrogen-bond donors (Lipinski definition) is 1. The van der Waals surface area contributed by atoms with Crippen LogP contribution in [0.3, 0.4) is 0 Å². The Labute approximate surface area is 120 Å². The molecule has 1 aromatic rings. The van der Waals surface area contributed by atoms with Gasteiger partial charge in [0, 0.05) is 20.1 Å². The standard InChI is InChI=1S/C13H25N5S/c1-4-7-18-12(14-15-13(18)19)17(3)10-11-5-8-16(2)9-6-11/h11H,4-10H2,1-3H3,(H,15,19). The minimum atomic E-state index is 0.729. The monoisotopic (exact) mass is 283 g/mol. The van der Waals surface area contributed by atoms with Crippen molar-refractivity contribution in [1.29, 1.82) is 0 Å². The molecule has 1 N–H and O–H groups in total. The predicted molar refractivity (Wildman–Crippen MR) is 81.2 cm³/mol. The summed E-state index contributed by atoms with van der Waals surface area (Å²) in [6.45, 7) is 6.58. The second kappa shape index (κ2) is 6.52. The highest BCUT2D eigenvalue weighted by atomic mass is 32.1. The summed E-state index contributed by atoms with van der Waals surface area (Å²) in [7, 11) is 4.32. The van der Waals surface area contributed by atoms with Gasteiger partial charge < -0.3 is 9.80 Å². The van der Waals surface area contributed by atoms with Crippen molar-refractivity contribution >= 4 is 18.2 Å². The molecule has 1 fully saturated rings.